The van der Waals surface area contributed by atoms with Crippen LogP contribution in [0.15, 0.2) is 28.8 Å². The second kappa shape index (κ2) is 6.45. The van der Waals surface area contributed by atoms with Crippen molar-refractivity contribution in [2.75, 3.05) is 13.1 Å². The molecule has 1 saturated heterocycles. The van der Waals surface area contributed by atoms with E-state index in [9.17, 15) is 4.39 Å². The summed E-state index contributed by atoms with van der Waals surface area (Å²) in [5.41, 5.74) is 0.363. The summed E-state index contributed by atoms with van der Waals surface area (Å²) in [5, 5.41) is 7.33. The molecule has 1 unspecified atom stereocenters. The third-order valence-corrected chi connectivity index (χ3v) is 4.76. The minimum Gasteiger partial charge on any atom is -0.482 e. The zero-order valence-corrected chi connectivity index (χ0v) is 13.4. The predicted octanol–water partition coefficient (Wildman–Crippen LogP) is 3.07. The quantitative estimate of drug-likeness (QED) is 0.927. The molecule has 1 aromatic carbocycles. The first-order chi connectivity index (χ1) is 10.8. The van der Waals surface area contributed by atoms with Crippen LogP contribution in [0.2, 0.25) is 0 Å². The van der Waals surface area contributed by atoms with Crippen LogP contribution in [0.4, 0.5) is 4.39 Å². The summed E-state index contributed by atoms with van der Waals surface area (Å²) >= 11 is 0. The van der Waals surface area contributed by atoms with Crippen molar-refractivity contribution in [3.8, 4) is 5.75 Å². The molecular formula is C16H19ClFN3O2. The smallest absolute Gasteiger partial charge is 0.230 e. The first-order valence-corrected chi connectivity index (χ1v) is 7.67. The summed E-state index contributed by atoms with van der Waals surface area (Å²) in [6.45, 7) is 2.24. The average molecular weight is 340 g/mol. The van der Waals surface area contributed by atoms with Gasteiger partial charge in [-0.15, -0.1) is 12.4 Å². The molecule has 0 radical (unpaired) electrons. The van der Waals surface area contributed by atoms with Crippen molar-refractivity contribution in [2.45, 2.75) is 31.8 Å². The molecule has 0 amide bonds. The number of rotatable bonds is 4. The fourth-order valence-electron chi connectivity index (χ4n) is 3.35. The van der Waals surface area contributed by atoms with E-state index in [-0.39, 0.29) is 30.6 Å². The van der Waals surface area contributed by atoms with Crippen LogP contribution in [0, 0.1) is 11.2 Å². The Labute approximate surface area is 140 Å². The predicted molar refractivity (Wildman–Crippen MR) is 84.2 cm³/mol. The monoisotopic (exact) mass is 339 g/mol. The molecule has 124 valence electrons. The van der Waals surface area contributed by atoms with Gasteiger partial charge in [-0.1, -0.05) is 17.3 Å². The van der Waals surface area contributed by atoms with Crippen molar-refractivity contribution < 1.29 is 13.7 Å². The maximum atomic E-state index is 13.5. The van der Waals surface area contributed by atoms with Crippen molar-refractivity contribution in [1.82, 2.24) is 15.5 Å². The van der Waals surface area contributed by atoms with Crippen LogP contribution in [-0.2, 0) is 6.61 Å². The molecule has 5 nitrogen and oxygen atoms in total. The van der Waals surface area contributed by atoms with E-state index in [0.717, 1.165) is 19.5 Å². The molecule has 1 saturated carbocycles. The number of aromatic nitrogens is 2. The van der Waals surface area contributed by atoms with Crippen LogP contribution in [-0.4, -0.2) is 23.2 Å². The molecule has 1 N–H and O–H groups in total. The van der Waals surface area contributed by atoms with Gasteiger partial charge < -0.3 is 14.6 Å². The van der Waals surface area contributed by atoms with Gasteiger partial charge in [0.05, 0.1) is 0 Å². The molecule has 1 atom stereocenters. The van der Waals surface area contributed by atoms with Gasteiger partial charge in [0.15, 0.2) is 18.2 Å². The topological polar surface area (TPSA) is 60.2 Å². The molecule has 1 aliphatic carbocycles. The van der Waals surface area contributed by atoms with E-state index in [4.69, 9.17) is 9.26 Å². The van der Waals surface area contributed by atoms with Gasteiger partial charge >= 0.3 is 0 Å². The lowest BCUT2D eigenvalue weighted by molar-refractivity contribution is 0.271. The molecule has 1 spiro atoms. The molecule has 0 bridgehead atoms. The van der Waals surface area contributed by atoms with E-state index in [2.05, 4.69) is 15.5 Å². The number of hydrogen-bond acceptors (Lipinski definition) is 5. The molecule has 2 aromatic rings. The minimum absolute atomic E-state index is 0. The Kier molecular flexibility index (Phi) is 4.55. The van der Waals surface area contributed by atoms with E-state index in [1.807, 2.05) is 0 Å². The molecule has 2 fully saturated rings. The Morgan fingerprint density at radius 1 is 1.30 bits per heavy atom. The Bertz CT molecular complexity index is 673. The van der Waals surface area contributed by atoms with Crippen molar-refractivity contribution in [1.29, 1.82) is 0 Å². The molecule has 7 heteroatoms. The van der Waals surface area contributed by atoms with Gasteiger partial charge in [0.25, 0.3) is 0 Å². The zero-order valence-electron chi connectivity index (χ0n) is 12.6. The van der Waals surface area contributed by atoms with Gasteiger partial charge in [-0.05, 0) is 49.9 Å². The largest absolute Gasteiger partial charge is 0.482 e. The number of halogens is 2. The van der Waals surface area contributed by atoms with Crippen LogP contribution < -0.4 is 10.1 Å². The van der Waals surface area contributed by atoms with E-state index < -0.39 is 0 Å². The highest BCUT2D eigenvalue weighted by molar-refractivity contribution is 5.85. The van der Waals surface area contributed by atoms with Crippen LogP contribution in [0.1, 0.15) is 36.9 Å². The number of ether oxygens (including phenoxy) is 1. The van der Waals surface area contributed by atoms with Crippen LogP contribution in [0.25, 0.3) is 0 Å². The summed E-state index contributed by atoms with van der Waals surface area (Å²) in [6.07, 6.45) is 3.46. The number of benzene rings is 1. The van der Waals surface area contributed by atoms with Gasteiger partial charge in [0.1, 0.15) is 0 Å². The Hall–Kier alpha value is -1.66. The molecule has 2 heterocycles. The number of para-hydroxylation sites is 1. The van der Waals surface area contributed by atoms with E-state index in [1.165, 1.54) is 18.9 Å². The minimum atomic E-state index is -0.387. The maximum Gasteiger partial charge on any atom is 0.230 e. The van der Waals surface area contributed by atoms with Crippen molar-refractivity contribution in [3.05, 3.63) is 41.8 Å². The van der Waals surface area contributed by atoms with E-state index >= 15 is 0 Å². The molecule has 2 aliphatic rings. The van der Waals surface area contributed by atoms with Crippen molar-refractivity contribution >= 4 is 12.4 Å². The Morgan fingerprint density at radius 3 is 2.87 bits per heavy atom. The van der Waals surface area contributed by atoms with E-state index in [0.29, 0.717) is 23.0 Å². The highest BCUT2D eigenvalue weighted by Gasteiger charge is 2.57. The lowest BCUT2D eigenvalue weighted by Crippen LogP contribution is -2.29. The number of hydrogen-bond donors (Lipinski definition) is 1. The summed E-state index contributed by atoms with van der Waals surface area (Å²) in [5.74, 6) is 1.37. The molecular weight excluding hydrogens is 321 g/mol. The van der Waals surface area contributed by atoms with Crippen molar-refractivity contribution in [2.24, 2.45) is 5.41 Å². The van der Waals surface area contributed by atoms with Gasteiger partial charge in [-0.25, -0.2) is 4.39 Å². The third-order valence-electron chi connectivity index (χ3n) is 4.76. The highest BCUT2D eigenvalue weighted by atomic mass is 35.5. The number of piperidine rings is 1. The summed E-state index contributed by atoms with van der Waals surface area (Å²) in [6, 6.07) is 6.30. The van der Waals surface area contributed by atoms with Gasteiger partial charge in [-0.3, -0.25) is 0 Å². The summed E-state index contributed by atoms with van der Waals surface area (Å²) in [4.78, 5) is 4.42. The van der Waals surface area contributed by atoms with Crippen LogP contribution in [0.3, 0.4) is 0 Å². The summed E-state index contributed by atoms with van der Waals surface area (Å²) in [7, 11) is 0. The van der Waals surface area contributed by atoms with E-state index in [1.54, 1.807) is 18.2 Å². The lowest BCUT2D eigenvalue weighted by Gasteiger charge is -2.22. The second-order valence-electron chi connectivity index (χ2n) is 6.14. The fourth-order valence-corrected chi connectivity index (χ4v) is 3.35. The molecule has 1 aliphatic heterocycles. The number of nitrogens with zero attached hydrogens (tertiary/aromatic N) is 2. The molecule has 23 heavy (non-hydrogen) atoms. The van der Waals surface area contributed by atoms with Gasteiger partial charge in [-0.2, -0.15) is 4.98 Å². The Morgan fingerprint density at radius 2 is 2.09 bits per heavy atom. The zero-order chi connectivity index (χ0) is 15.0. The second-order valence-corrected chi connectivity index (χ2v) is 6.14. The van der Waals surface area contributed by atoms with Gasteiger partial charge in [0.2, 0.25) is 11.7 Å². The van der Waals surface area contributed by atoms with Crippen LogP contribution in [0.5, 0.6) is 5.75 Å². The fraction of sp³-hybridized carbons (Fsp3) is 0.500. The lowest BCUT2D eigenvalue weighted by atomic mass is 9.92. The normalized spacial score (nSPS) is 21.7. The molecule has 1 aromatic heterocycles. The standard InChI is InChI=1S/C16H18FN3O2.ClH/c17-12-3-1-2-4-13(12)21-10-14-19-15(22-20-14)11-9-16(11)5-7-18-8-6-16;/h1-4,11,18H,5-10H2;1H. The average Bonchev–Trinajstić information content (AvgIpc) is 3.02. The maximum absolute atomic E-state index is 13.5. The summed E-state index contributed by atoms with van der Waals surface area (Å²) < 4.78 is 24.3. The van der Waals surface area contributed by atoms with Gasteiger partial charge in [0, 0.05) is 5.92 Å². The SMILES string of the molecule is Cl.Fc1ccccc1OCc1noc(C2CC23CCNCC3)n1. The van der Waals surface area contributed by atoms with Crippen LogP contribution >= 0.6 is 12.4 Å². The highest BCUT2D eigenvalue weighted by Crippen LogP contribution is 2.63. The first kappa shape index (κ1) is 16.2. The Balaban J connectivity index is 0.00000156. The molecule has 4 rings (SSSR count). The third kappa shape index (κ3) is 3.19. The van der Waals surface area contributed by atoms with Crippen molar-refractivity contribution in [3.63, 3.8) is 0 Å². The first-order valence-electron chi connectivity index (χ1n) is 7.67. The number of nitrogens with one attached hydrogen (secondary N) is 1.